The third kappa shape index (κ3) is 4.46. The minimum atomic E-state index is 0.00300. The summed E-state index contributed by atoms with van der Waals surface area (Å²) in [6.45, 7) is 0. The van der Waals surface area contributed by atoms with Crippen molar-refractivity contribution in [2.75, 3.05) is 24.3 Å². The lowest BCUT2D eigenvalue weighted by atomic mass is 10.1. The Morgan fingerprint density at radius 2 is 1.76 bits per heavy atom. The highest BCUT2D eigenvalue weighted by Crippen LogP contribution is 2.24. The van der Waals surface area contributed by atoms with Crippen molar-refractivity contribution in [3.05, 3.63) is 78.4 Å². The second-order valence-corrected chi connectivity index (χ2v) is 7.29. The van der Waals surface area contributed by atoms with Crippen LogP contribution in [-0.4, -0.2) is 30.0 Å². The van der Waals surface area contributed by atoms with E-state index < -0.39 is 0 Å². The fraction of sp³-hybridized carbons (Fsp3) is 0.167. The van der Waals surface area contributed by atoms with Gasteiger partial charge in [-0.2, -0.15) is 0 Å². The van der Waals surface area contributed by atoms with Crippen molar-refractivity contribution in [2.45, 2.75) is 12.8 Å². The van der Waals surface area contributed by atoms with E-state index in [1.54, 1.807) is 0 Å². The number of aromatic amines is 1. The molecule has 29 heavy (non-hydrogen) atoms. The minimum Gasteiger partial charge on any atom is -0.378 e. The fourth-order valence-corrected chi connectivity index (χ4v) is 3.26. The first kappa shape index (κ1) is 18.7. The van der Waals surface area contributed by atoms with E-state index in [1.165, 1.54) is 0 Å². The number of fused-ring (bicyclic) bond motifs is 1. The molecule has 1 amide bonds. The second-order valence-electron chi connectivity index (χ2n) is 7.29. The lowest BCUT2D eigenvalue weighted by Gasteiger charge is -2.11. The number of hydrogen-bond donors (Lipinski definition) is 2. The standard InChI is InChI=1S/C24H24N4O/c1-28(2)20-12-9-18(10-13-20)24-26-21-14-11-19(16-22(21)27-24)25-23(29)15-8-17-6-4-3-5-7-17/h3-7,9-14,16H,8,15H2,1-2H3,(H,25,29)(H,26,27). The van der Waals surface area contributed by atoms with E-state index in [0.29, 0.717) is 6.42 Å². The third-order valence-corrected chi connectivity index (χ3v) is 4.91. The first-order valence-electron chi connectivity index (χ1n) is 9.70. The molecule has 0 aliphatic rings. The molecule has 146 valence electrons. The number of rotatable bonds is 6. The largest absolute Gasteiger partial charge is 0.378 e. The van der Waals surface area contributed by atoms with Gasteiger partial charge in [0.25, 0.3) is 0 Å². The maximum atomic E-state index is 12.3. The number of aromatic nitrogens is 2. The summed E-state index contributed by atoms with van der Waals surface area (Å²) in [5.74, 6) is 0.820. The molecule has 4 aromatic rings. The van der Waals surface area contributed by atoms with E-state index in [4.69, 9.17) is 4.98 Å². The zero-order valence-corrected chi connectivity index (χ0v) is 16.6. The minimum absolute atomic E-state index is 0.00300. The molecule has 5 heteroatoms. The monoisotopic (exact) mass is 384 g/mol. The highest BCUT2D eigenvalue weighted by atomic mass is 16.1. The van der Waals surface area contributed by atoms with Crippen LogP contribution in [0, 0.1) is 0 Å². The smallest absolute Gasteiger partial charge is 0.224 e. The summed E-state index contributed by atoms with van der Waals surface area (Å²) in [5.41, 5.74) is 5.87. The molecule has 0 aliphatic heterocycles. The number of carbonyl (C=O) groups excluding carboxylic acids is 1. The third-order valence-electron chi connectivity index (χ3n) is 4.91. The van der Waals surface area contributed by atoms with Gasteiger partial charge in [-0.05, 0) is 54.4 Å². The Balaban J connectivity index is 1.46. The molecular weight excluding hydrogens is 360 g/mol. The van der Waals surface area contributed by atoms with Gasteiger partial charge < -0.3 is 15.2 Å². The molecule has 5 nitrogen and oxygen atoms in total. The van der Waals surface area contributed by atoms with Crippen molar-refractivity contribution in [3.8, 4) is 11.4 Å². The van der Waals surface area contributed by atoms with Gasteiger partial charge in [0, 0.05) is 37.5 Å². The van der Waals surface area contributed by atoms with Crippen LogP contribution in [0.1, 0.15) is 12.0 Å². The Hall–Kier alpha value is -3.60. The van der Waals surface area contributed by atoms with Gasteiger partial charge in [0.15, 0.2) is 0 Å². The van der Waals surface area contributed by atoms with Gasteiger partial charge in [-0.1, -0.05) is 30.3 Å². The van der Waals surface area contributed by atoms with Gasteiger partial charge in [0.2, 0.25) is 5.91 Å². The molecule has 3 aromatic carbocycles. The van der Waals surface area contributed by atoms with Crippen molar-refractivity contribution < 1.29 is 4.79 Å². The van der Waals surface area contributed by atoms with E-state index in [2.05, 4.69) is 39.5 Å². The van der Waals surface area contributed by atoms with Crippen molar-refractivity contribution in [3.63, 3.8) is 0 Å². The number of nitrogens with one attached hydrogen (secondary N) is 2. The van der Waals surface area contributed by atoms with Crippen LogP contribution in [0.15, 0.2) is 72.8 Å². The summed E-state index contributed by atoms with van der Waals surface area (Å²) in [7, 11) is 4.04. The maximum Gasteiger partial charge on any atom is 0.224 e. The van der Waals surface area contributed by atoms with Gasteiger partial charge >= 0.3 is 0 Å². The zero-order chi connectivity index (χ0) is 20.2. The van der Waals surface area contributed by atoms with E-state index in [9.17, 15) is 4.79 Å². The van der Waals surface area contributed by atoms with Crippen molar-refractivity contribution in [1.82, 2.24) is 9.97 Å². The number of nitrogens with zero attached hydrogens (tertiary/aromatic N) is 2. The number of carbonyl (C=O) groups is 1. The summed E-state index contributed by atoms with van der Waals surface area (Å²) in [6, 6.07) is 24.0. The predicted molar refractivity (Wildman–Crippen MR) is 119 cm³/mol. The van der Waals surface area contributed by atoms with Gasteiger partial charge in [-0.15, -0.1) is 0 Å². The van der Waals surface area contributed by atoms with Crippen LogP contribution in [-0.2, 0) is 11.2 Å². The molecule has 0 bridgehead atoms. The lowest BCUT2D eigenvalue weighted by molar-refractivity contribution is -0.116. The average molecular weight is 384 g/mol. The molecule has 1 heterocycles. The highest BCUT2D eigenvalue weighted by Gasteiger charge is 2.08. The molecule has 0 saturated heterocycles. The maximum absolute atomic E-state index is 12.3. The fourth-order valence-electron chi connectivity index (χ4n) is 3.26. The number of anilines is 2. The summed E-state index contributed by atoms with van der Waals surface area (Å²) in [6.07, 6.45) is 1.18. The van der Waals surface area contributed by atoms with Gasteiger partial charge in [0.1, 0.15) is 5.82 Å². The van der Waals surface area contributed by atoms with Gasteiger partial charge in [-0.25, -0.2) is 4.98 Å². The van der Waals surface area contributed by atoms with E-state index >= 15 is 0 Å². The number of amides is 1. The van der Waals surface area contributed by atoms with Crippen LogP contribution in [0.3, 0.4) is 0 Å². The summed E-state index contributed by atoms with van der Waals surface area (Å²) in [4.78, 5) is 22.4. The molecule has 2 N–H and O–H groups in total. The molecule has 0 fully saturated rings. The van der Waals surface area contributed by atoms with E-state index in [-0.39, 0.29) is 5.91 Å². The SMILES string of the molecule is CN(C)c1ccc(-c2nc3cc(NC(=O)CCc4ccccc4)ccc3[nH]2)cc1. The average Bonchev–Trinajstić information content (AvgIpc) is 3.16. The van der Waals surface area contributed by atoms with Crippen LogP contribution in [0.4, 0.5) is 11.4 Å². The Labute approximate surface area is 170 Å². The number of aryl methyl sites for hydroxylation is 1. The number of H-pyrrole nitrogens is 1. The molecule has 0 atom stereocenters. The molecule has 1 aromatic heterocycles. The van der Waals surface area contributed by atoms with Gasteiger partial charge in [-0.3, -0.25) is 4.79 Å². The second kappa shape index (κ2) is 8.19. The van der Waals surface area contributed by atoms with Crippen molar-refractivity contribution >= 4 is 28.3 Å². The molecule has 0 aliphatic carbocycles. The topological polar surface area (TPSA) is 61.0 Å². The molecule has 0 radical (unpaired) electrons. The highest BCUT2D eigenvalue weighted by molar-refractivity contribution is 5.93. The Morgan fingerprint density at radius 1 is 1.00 bits per heavy atom. The van der Waals surface area contributed by atoms with Crippen molar-refractivity contribution in [2.24, 2.45) is 0 Å². The number of hydrogen-bond acceptors (Lipinski definition) is 3. The van der Waals surface area contributed by atoms with Crippen LogP contribution >= 0.6 is 0 Å². The number of imidazole rings is 1. The van der Waals surface area contributed by atoms with Crippen LogP contribution in [0.5, 0.6) is 0 Å². The molecular formula is C24H24N4O. The van der Waals surface area contributed by atoms with Crippen LogP contribution < -0.4 is 10.2 Å². The van der Waals surface area contributed by atoms with Gasteiger partial charge in [0.05, 0.1) is 11.0 Å². The molecule has 0 saturated carbocycles. The Bertz CT molecular complexity index is 1110. The van der Waals surface area contributed by atoms with E-state index in [0.717, 1.165) is 45.8 Å². The van der Waals surface area contributed by atoms with E-state index in [1.807, 2.05) is 62.6 Å². The van der Waals surface area contributed by atoms with Crippen LogP contribution in [0.2, 0.25) is 0 Å². The first-order chi connectivity index (χ1) is 14.1. The summed E-state index contributed by atoms with van der Waals surface area (Å²) >= 11 is 0. The molecule has 0 spiro atoms. The lowest BCUT2D eigenvalue weighted by Crippen LogP contribution is -2.12. The molecule has 4 rings (SSSR count). The first-order valence-corrected chi connectivity index (χ1v) is 9.70. The Kier molecular flexibility index (Phi) is 5.29. The normalized spacial score (nSPS) is 10.8. The summed E-state index contributed by atoms with van der Waals surface area (Å²) < 4.78 is 0. The van der Waals surface area contributed by atoms with Crippen molar-refractivity contribution in [1.29, 1.82) is 0 Å². The zero-order valence-electron chi connectivity index (χ0n) is 16.6. The quantitative estimate of drug-likeness (QED) is 0.499. The Morgan fingerprint density at radius 3 is 2.48 bits per heavy atom. The van der Waals surface area contributed by atoms with Crippen LogP contribution in [0.25, 0.3) is 22.4 Å². The summed E-state index contributed by atoms with van der Waals surface area (Å²) in [5, 5.41) is 2.97. The predicted octanol–water partition coefficient (Wildman–Crippen LogP) is 4.87. The number of benzene rings is 3. The molecule has 0 unspecified atom stereocenters.